The quantitative estimate of drug-likeness (QED) is 0.503. The second-order valence-corrected chi connectivity index (χ2v) is 6.90. The molecule has 0 fully saturated rings. The van der Waals surface area contributed by atoms with Gasteiger partial charge in [0.1, 0.15) is 11.6 Å². The molecule has 170 valence electrons. The van der Waals surface area contributed by atoms with E-state index in [0.29, 0.717) is 48.2 Å². The van der Waals surface area contributed by atoms with Crippen LogP contribution in [0.2, 0.25) is 0 Å². The number of aromatic nitrogens is 2. The average molecular weight is 442 g/mol. The van der Waals surface area contributed by atoms with Crippen LogP contribution in [0.1, 0.15) is 42.5 Å². The van der Waals surface area contributed by atoms with Crippen molar-refractivity contribution in [3.8, 4) is 22.9 Å². The summed E-state index contributed by atoms with van der Waals surface area (Å²) in [5, 5.41) is 2.86. The van der Waals surface area contributed by atoms with E-state index in [2.05, 4.69) is 10.3 Å². The molecule has 1 N–H and O–H groups in total. The molecule has 7 nitrogen and oxygen atoms in total. The Bertz CT molecular complexity index is 1050. The molecule has 3 rings (SSSR count). The van der Waals surface area contributed by atoms with Crippen molar-refractivity contribution in [2.75, 3.05) is 19.8 Å². The van der Waals surface area contributed by atoms with E-state index in [-0.39, 0.29) is 18.3 Å². The van der Waals surface area contributed by atoms with Crippen LogP contribution in [0.25, 0.3) is 5.69 Å². The molecule has 0 bridgehead atoms. The first-order valence-electron chi connectivity index (χ1n) is 10.6. The summed E-state index contributed by atoms with van der Waals surface area (Å²) in [6.07, 6.45) is 3.47. The van der Waals surface area contributed by atoms with Gasteiger partial charge in [-0.1, -0.05) is 0 Å². The summed E-state index contributed by atoms with van der Waals surface area (Å²) in [7, 11) is 0. The second kappa shape index (κ2) is 10.7. The number of hydrogen-bond acceptors (Lipinski definition) is 5. The van der Waals surface area contributed by atoms with Gasteiger partial charge in [0.15, 0.2) is 11.5 Å². The van der Waals surface area contributed by atoms with E-state index in [0.717, 1.165) is 11.5 Å². The van der Waals surface area contributed by atoms with Crippen LogP contribution in [-0.2, 0) is 6.54 Å². The Morgan fingerprint density at radius 2 is 1.69 bits per heavy atom. The lowest BCUT2D eigenvalue weighted by molar-refractivity contribution is 0.0949. The van der Waals surface area contributed by atoms with Gasteiger partial charge in [-0.2, -0.15) is 0 Å². The summed E-state index contributed by atoms with van der Waals surface area (Å²) < 4.78 is 32.8. The highest BCUT2D eigenvalue weighted by molar-refractivity contribution is 5.95. The van der Waals surface area contributed by atoms with Gasteiger partial charge in [-0.25, -0.2) is 9.37 Å². The van der Waals surface area contributed by atoms with E-state index in [4.69, 9.17) is 14.2 Å². The predicted molar refractivity (Wildman–Crippen MR) is 119 cm³/mol. The molecular formula is C24H28FN3O4. The highest BCUT2D eigenvalue weighted by Gasteiger charge is 2.19. The molecular weight excluding hydrogens is 413 g/mol. The van der Waals surface area contributed by atoms with Crippen LogP contribution in [-0.4, -0.2) is 35.3 Å². The van der Waals surface area contributed by atoms with Gasteiger partial charge in [0, 0.05) is 24.5 Å². The minimum absolute atomic E-state index is 0.130. The molecule has 0 spiro atoms. The third-order valence-corrected chi connectivity index (χ3v) is 4.74. The first-order chi connectivity index (χ1) is 15.5. The fourth-order valence-corrected chi connectivity index (χ4v) is 3.36. The highest BCUT2D eigenvalue weighted by Crippen LogP contribution is 2.39. The topological polar surface area (TPSA) is 74.6 Å². The molecule has 0 aliphatic rings. The molecule has 0 aliphatic carbocycles. The van der Waals surface area contributed by atoms with Crippen LogP contribution < -0.4 is 19.5 Å². The minimum atomic E-state index is -0.380. The van der Waals surface area contributed by atoms with E-state index in [1.54, 1.807) is 30.6 Å². The number of hydrogen-bond donors (Lipinski definition) is 1. The maximum absolute atomic E-state index is 13.9. The van der Waals surface area contributed by atoms with Gasteiger partial charge < -0.3 is 24.1 Å². The Hall–Kier alpha value is -3.55. The fraction of sp³-hybridized carbons (Fsp3) is 0.333. The summed E-state index contributed by atoms with van der Waals surface area (Å²) in [4.78, 5) is 17.2. The molecule has 1 heterocycles. The van der Waals surface area contributed by atoms with E-state index in [1.165, 1.54) is 12.1 Å². The van der Waals surface area contributed by atoms with E-state index in [1.807, 2.05) is 32.3 Å². The Balaban J connectivity index is 1.88. The van der Waals surface area contributed by atoms with Gasteiger partial charge in [-0.05, 0) is 63.6 Å². The van der Waals surface area contributed by atoms with Crippen LogP contribution in [0.15, 0.2) is 42.7 Å². The maximum Gasteiger partial charge on any atom is 0.251 e. The van der Waals surface area contributed by atoms with Gasteiger partial charge in [-0.3, -0.25) is 4.79 Å². The number of imidazole rings is 1. The monoisotopic (exact) mass is 441 g/mol. The SMILES string of the molecule is CCOc1cc(C(=O)NCc2cc(F)ccc2-n2ccnc2C)cc(OCC)c1OCC. The van der Waals surface area contributed by atoms with Crippen molar-refractivity contribution in [3.05, 3.63) is 65.5 Å². The molecule has 0 saturated heterocycles. The first kappa shape index (κ1) is 23.1. The number of benzene rings is 2. The van der Waals surface area contributed by atoms with E-state index >= 15 is 0 Å². The summed E-state index contributed by atoms with van der Waals surface area (Å²) >= 11 is 0. The van der Waals surface area contributed by atoms with Crippen molar-refractivity contribution >= 4 is 5.91 Å². The molecule has 0 radical (unpaired) electrons. The van der Waals surface area contributed by atoms with Crippen molar-refractivity contribution < 1.29 is 23.4 Å². The van der Waals surface area contributed by atoms with E-state index < -0.39 is 0 Å². The number of rotatable bonds is 10. The van der Waals surface area contributed by atoms with Gasteiger partial charge in [0.05, 0.1) is 25.5 Å². The maximum atomic E-state index is 13.9. The molecule has 3 aromatic rings. The van der Waals surface area contributed by atoms with Crippen LogP contribution in [0.5, 0.6) is 17.2 Å². The molecule has 32 heavy (non-hydrogen) atoms. The Morgan fingerprint density at radius 1 is 1.03 bits per heavy atom. The van der Waals surface area contributed by atoms with Crippen molar-refractivity contribution in [1.82, 2.24) is 14.9 Å². The Labute approximate surface area is 187 Å². The van der Waals surface area contributed by atoms with Crippen molar-refractivity contribution in [2.24, 2.45) is 0 Å². The highest BCUT2D eigenvalue weighted by atomic mass is 19.1. The summed E-state index contributed by atoms with van der Waals surface area (Å²) in [6.45, 7) is 8.81. The number of nitrogens with zero attached hydrogens (tertiary/aromatic N) is 2. The number of amides is 1. The number of carbonyl (C=O) groups is 1. The summed E-state index contributed by atoms with van der Waals surface area (Å²) in [5.74, 6) is 1.38. The first-order valence-corrected chi connectivity index (χ1v) is 10.6. The fourth-order valence-electron chi connectivity index (χ4n) is 3.36. The van der Waals surface area contributed by atoms with E-state index in [9.17, 15) is 9.18 Å². The summed E-state index contributed by atoms with van der Waals surface area (Å²) in [6, 6.07) is 7.71. The third-order valence-electron chi connectivity index (χ3n) is 4.74. The van der Waals surface area contributed by atoms with Crippen molar-refractivity contribution in [2.45, 2.75) is 34.2 Å². The van der Waals surface area contributed by atoms with Gasteiger partial charge in [0.2, 0.25) is 5.75 Å². The standard InChI is InChI=1S/C24H28FN3O4/c1-5-30-21-13-17(14-22(31-6-2)23(21)32-7-3)24(29)27-15-18-12-19(25)8-9-20(18)28-11-10-26-16(28)4/h8-14H,5-7,15H2,1-4H3,(H,27,29). The zero-order chi connectivity index (χ0) is 23.1. The number of carbonyl (C=O) groups excluding carboxylic acids is 1. The van der Waals surface area contributed by atoms with Crippen molar-refractivity contribution in [3.63, 3.8) is 0 Å². The zero-order valence-corrected chi connectivity index (χ0v) is 18.8. The Morgan fingerprint density at radius 3 is 2.25 bits per heavy atom. The van der Waals surface area contributed by atoms with Crippen LogP contribution >= 0.6 is 0 Å². The molecule has 0 aliphatic heterocycles. The number of ether oxygens (including phenoxy) is 3. The van der Waals surface area contributed by atoms with Gasteiger partial charge in [-0.15, -0.1) is 0 Å². The average Bonchev–Trinajstić information content (AvgIpc) is 3.20. The number of aryl methyl sites for hydroxylation is 1. The summed E-state index contributed by atoms with van der Waals surface area (Å²) in [5.41, 5.74) is 1.73. The predicted octanol–water partition coefficient (Wildman–Crippen LogP) is 4.45. The second-order valence-electron chi connectivity index (χ2n) is 6.90. The molecule has 0 saturated carbocycles. The lowest BCUT2D eigenvalue weighted by Gasteiger charge is -2.17. The molecule has 2 aromatic carbocycles. The number of halogens is 1. The van der Waals surface area contributed by atoms with Gasteiger partial charge >= 0.3 is 0 Å². The number of nitrogens with one attached hydrogen (secondary N) is 1. The lowest BCUT2D eigenvalue weighted by Crippen LogP contribution is -2.24. The smallest absolute Gasteiger partial charge is 0.251 e. The largest absolute Gasteiger partial charge is 0.490 e. The lowest BCUT2D eigenvalue weighted by atomic mass is 10.1. The molecule has 0 atom stereocenters. The Kier molecular flexibility index (Phi) is 7.70. The van der Waals surface area contributed by atoms with Crippen molar-refractivity contribution in [1.29, 1.82) is 0 Å². The normalized spacial score (nSPS) is 10.7. The van der Waals surface area contributed by atoms with Crippen LogP contribution in [0.4, 0.5) is 4.39 Å². The molecule has 0 unspecified atom stereocenters. The third kappa shape index (κ3) is 5.19. The van der Waals surface area contributed by atoms with Crippen LogP contribution in [0, 0.1) is 12.7 Å². The molecule has 1 aromatic heterocycles. The van der Waals surface area contributed by atoms with Crippen LogP contribution in [0.3, 0.4) is 0 Å². The molecule has 8 heteroatoms. The minimum Gasteiger partial charge on any atom is -0.490 e. The molecule has 1 amide bonds. The van der Waals surface area contributed by atoms with Gasteiger partial charge in [0.25, 0.3) is 5.91 Å². The zero-order valence-electron chi connectivity index (χ0n) is 18.8.